The van der Waals surface area contributed by atoms with Gasteiger partial charge in [0.2, 0.25) is 0 Å². The number of hydrogen-bond donors (Lipinski definition) is 2. The summed E-state index contributed by atoms with van der Waals surface area (Å²) in [5, 5.41) is 16.1. The number of rotatable bonds is 8. The van der Waals surface area contributed by atoms with Crippen molar-refractivity contribution in [2.45, 2.75) is 25.7 Å². The Labute approximate surface area is 97.8 Å². The molecule has 0 unspecified atom stereocenters. The number of carboxylic acids is 2. The Bertz CT molecular complexity index is 249. The van der Waals surface area contributed by atoms with Crippen molar-refractivity contribution in [3.8, 4) is 0 Å². The average Bonchev–Trinajstić information content (AvgIpc) is 2.14. The van der Waals surface area contributed by atoms with E-state index in [1.807, 2.05) is 0 Å². The number of halogens is 1. The van der Waals surface area contributed by atoms with Crippen molar-refractivity contribution in [3.05, 3.63) is 0 Å². The largest absolute Gasteiger partial charge is 0.481 e. The van der Waals surface area contributed by atoms with Gasteiger partial charge in [-0.25, -0.2) is 0 Å². The zero-order valence-corrected chi connectivity index (χ0v) is 9.44. The Hall–Kier alpha value is -1.30. The van der Waals surface area contributed by atoms with Gasteiger partial charge in [-0.05, 0) is 24.4 Å². The third-order valence-electron chi connectivity index (χ3n) is 1.89. The Morgan fingerprint density at radius 1 is 0.938 bits per heavy atom. The third-order valence-corrected chi connectivity index (χ3v) is 2.13. The highest BCUT2D eigenvalue weighted by Crippen LogP contribution is 2.03. The first-order valence-electron chi connectivity index (χ1n) is 4.81. The molecule has 2 N–H and O–H groups in total. The van der Waals surface area contributed by atoms with Gasteiger partial charge in [-0.1, -0.05) is 0 Å². The van der Waals surface area contributed by atoms with Crippen molar-refractivity contribution < 1.29 is 24.6 Å². The number of nitrogens with zero attached hydrogens (tertiary/aromatic N) is 1. The molecule has 16 heavy (non-hydrogen) atoms. The van der Waals surface area contributed by atoms with Crippen molar-refractivity contribution in [3.63, 3.8) is 0 Å². The normalized spacial score (nSPS) is 9.81. The maximum absolute atomic E-state index is 10.9. The molecule has 0 aliphatic rings. The van der Waals surface area contributed by atoms with Gasteiger partial charge in [0.05, 0.1) is 0 Å². The maximum atomic E-state index is 10.9. The standard InChI is InChI=1S/C9H14ClNO5/c10-9(16)11(5-1-3-7(12)13)6-2-4-8(14)15/h1-6H2,(H,12,13)(H,14,15). The first kappa shape index (κ1) is 14.7. The van der Waals surface area contributed by atoms with Gasteiger partial charge in [0.25, 0.3) is 0 Å². The summed E-state index contributed by atoms with van der Waals surface area (Å²) in [6, 6.07) is 0. The van der Waals surface area contributed by atoms with Crippen LogP contribution in [-0.4, -0.2) is 45.5 Å². The van der Waals surface area contributed by atoms with Crippen LogP contribution in [0.25, 0.3) is 0 Å². The van der Waals surface area contributed by atoms with E-state index in [0.29, 0.717) is 12.8 Å². The highest BCUT2D eigenvalue weighted by atomic mass is 35.5. The second-order valence-corrected chi connectivity index (χ2v) is 3.56. The van der Waals surface area contributed by atoms with E-state index >= 15 is 0 Å². The van der Waals surface area contributed by atoms with E-state index in [1.165, 1.54) is 4.90 Å². The van der Waals surface area contributed by atoms with Crippen LogP contribution in [0.4, 0.5) is 4.79 Å². The lowest BCUT2D eigenvalue weighted by atomic mass is 10.2. The Morgan fingerprint density at radius 2 is 1.31 bits per heavy atom. The van der Waals surface area contributed by atoms with E-state index in [9.17, 15) is 14.4 Å². The second kappa shape index (κ2) is 7.92. The van der Waals surface area contributed by atoms with Crippen LogP contribution in [0, 0.1) is 0 Å². The highest BCUT2D eigenvalue weighted by Gasteiger charge is 2.11. The summed E-state index contributed by atoms with van der Waals surface area (Å²) < 4.78 is 0. The van der Waals surface area contributed by atoms with Crippen molar-refractivity contribution in [1.82, 2.24) is 4.90 Å². The number of carboxylic acid groups (broad SMARTS) is 2. The lowest BCUT2D eigenvalue weighted by molar-refractivity contribution is -0.138. The molecule has 0 rings (SSSR count). The van der Waals surface area contributed by atoms with E-state index in [-0.39, 0.29) is 25.9 Å². The fourth-order valence-corrected chi connectivity index (χ4v) is 1.30. The minimum absolute atomic E-state index is 0.0421. The number of carbonyl (C=O) groups excluding carboxylic acids is 1. The van der Waals surface area contributed by atoms with Gasteiger partial charge in [-0.2, -0.15) is 0 Å². The molecule has 0 heterocycles. The quantitative estimate of drug-likeness (QED) is 0.502. The van der Waals surface area contributed by atoms with Gasteiger partial charge >= 0.3 is 17.3 Å². The number of hydrogen-bond acceptors (Lipinski definition) is 3. The SMILES string of the molecule is O=C(O)CCCN(CCCC(=O)O)C(=O)Cl. The van der Waals surface area contributed by atoms with Gasteiger partial charge in [0.15, 0.2) is 0 Å². The molecule has 0 bridgehead atoms. The average molecular weight is 252 g/mol. The van der Waals surface area contributed by atoms with Crippen LogP contribution in [0.3, 0.4) is 0 Å². The topological polar surface area (TPSA) is 94.9 Å². The molecule has 92 valence electrons. The summed E-state index contributed by atoms with van der Waals surface area (Å²) in [6.45, 7) is 0.461. The molecule has 7 heteroatoms. The fourth-order valence-electron chi connectivity index (χ4n) is 1.13. The lowest BCUT2D eigenvalue weighted by Crippen LogP contribution is -2.29. The Balaban J connectivity index is 3.84. The van der Waals surface area contributed by atoms with Crippen LogP contribution in [-0.2, 0) is 9.59 Å². The molecule has 0 saturated heterocycles. The van der Waals surface area contributed by atoms with Gasteiger partial charge < -0.3 is 15.1 Å². The smallest absolute Gasteiger partial charge is 0.316 e. The molecular weight excluding hydrogens is 238 g/mol. The molecule has 0 aromatic heterocycles. The molecule has 0 aromatic carbocycles. The van der Waals surface area contributed by atoms with Crippen LogP contribution in [0.15, 0.2) is 0 Å². The summed E-state index contributed by atoms with van der Waals surface area (Å²) in [7, 11) is 0. The summed E-state index contributed by atoms with van der Waals surface area (Å²) >= 11 is 5.27. The Kier molecular flexibility index (Phi) is 7.28. The van der Waals surface area contributed by atoms with Crippen LogP contribution >= 0.6 is 11.6 Å². The van der Waals surface area contributed by atoms with E-state index < -0.39 is 17.3 Å². The highest BCUT2D eigenvalue weighted by molar-refractivity contribution is 6.62. The molecule has 1 amide bonds. The maximum Gasteiger partial charge on any atom is 0.316 e. The third kappa shape index (κ3) is 8.05. The zero-order valence-electron chi connectivity index (χ0n) is 8.69. The fraction of sp³-hybridized carbons (Fsp3) is 0.667. The minimum Gasteiger partial charge on any atom is -0.481 e. The summed E-state index contributed by atoms with van der Waals surface area (Å²) in [4.78, 5) is 32.6. The molecular formula is C9H14ClNO5. The second-order valence-electron chi connectivity index (χ2n) is 3.23. The van der Waals surface area contributed by atoms with Gasteiger partial charge in [-0.3, -0.25) is 14.4 Å². The number of amides is 1. The Morgan fingerprint density at radius 3 is 1.56 bits per heavy atom. The molecule has 6 nitrogen and oxygen atoms in total. The minimum atomic E-state index is -0.937. The van der Waals surface area contributed by atoms with E-state index in [2.05, 4.69) is 0 Å². The molecule has 0 aromatic rings. The molecule has 0 aliphatic heterocycles. The molecule has 0 aliphatic carbocycles. The number of carbonyl (C=O) groups is 3. The molecule has 0 atom stereocenters. The van der Waals surface area contributed by atoms with Crippen LogP contribution < -0.4 is 0 Å². The van der Waals surface area contributed by atoms with Gasteiger partial charge in [-0.15, -0.1) is 0 Å². The van der Waals surface area contributed by atoms with Crippen LogP contribution in [0.2, 0.25) is 0 Å². The summed E-state index contributed by atoms with van der Waals surface area (Å²) in [6.07, 6.45) is 0.529. The summed E-state index contributed by atoms with van der Waals surface area (Å²) in [5.41, 5.74) is 0. The van der Waals surface area contributed by atoms with E-state index in [0.717, 1.165) is 0 Å². The van der Waals surface area contributed by atoms with Crippen molar-refractivity contribution in [1.29, 1.82) is 0 Å². The molecule has 0 spiro atoms. The first-order valence-corrected chi connectivity index (χ1v) is 5.19. The monoisotopic (exact) mass is 251 g/mol. The van der Waals surface area contributed by atoms with E-state index in [1.54, 1.807) is 0 Å². The predicted molar refractivity (Wildman–Crippen MR) is 56.6 cm³/mol. The zero-order chi connectivity index (χ0) is 12.6. The molecule has 0 radical (unpaired) electrons. The van der Waals surface area contributed by atoms with Gasteiger partial charge in [0.1, 0.15) is 0 Å². The number of aliphatic carboxylic acids is 2. The van der Waals surface area contributed by atoms with Gasteiger partial charge in [0, 0.05) is 25.9 Å². The first-order chi connectivity index (χ1) is 7.43. The summed E-state index contributed by atoms with van der Waals surface area (Å²) in [5.74, 6) is -1.87. The lowest BCUT2D eigenvalue weighted by Gasteiger charge is -2.18. The van der Waals surface area contributed by atoms with Crippen molar-refractivity contribution >= 4 is 28.9 Å². The molecule has 0 saturated carbocycles. The van der Waals surface area contributed by atoms with Crippen LogP contribution in [0.1, 0.15) is 25.7 Å². The van der Waals surface area contributed by atoms with E-state index in [4.69, 9.17) is 21.8 Å². The van der Waals surface area contributed by atoms with Crippen molar-refractivity contribution in [2.24, 2.45) is 0 Å². The van der Waals surface area contributed by atoms with Crippen molar-refractivity contribution in [2.75, 3.05) is 13.1 Å². The predicted octanol–water partition coefficient (Wildman–Crippen LogP) is 1.38. The van der Waals surface area contributed by atoms with Crippen LogP contribution in [0.5, 0.6) is 0 Å². The molecule has 0 fully saturated rings.